The van der Waals surface area contributed by atoms with Crippen molar-refractivity contribution in [2.75, 3.05) is 7.11 Å². The second-order valence-corrected chi connectivity index (χ2v) is 8.16. The molecule has 0 fully saturated rings. The summed E-state index contributed by atoms with van der Waals surface area (Å²) in [5.41, 5.74) is 3.37. The van der Waals surface area contributed by atoms with Gasteiger partial charge in [-0.15, -0.1) is 0 Å². The minimum Gasteiger partial charge on any atom is -0.497 e. The molecule has 1 N–H and O–H groups in total. The van der Waals surface area contributed by atoms with Crippen molar-refractivity contribution >= 4 is 22.6 Å². The number of hydrogen-bond donors (Lipinski definition) is 1. The first-order chi connectivity index (χ1) is 12.6. The summed E-state index contributed by atoms with van der Waals surface area (Å²) in [6.07, 6.45) is 7.74. The van der Waals surface area contributed by atoms with E-state index in [1.54, 1.807) is 13.4 Å². The van der Waals surface area contributed by atoms with E-state index in [1.165, 1.54) is 17.7 Å². The lowest BCUT2D eigenvalue weighted by molar-refractivity contribution is 0.414. The number of imidazole rings is 1. The predicted molar refractivity (Wildman–Crippen MR) is 110 cm³/mol. The number of alkyl halides is 1. The number of rotatable bonds is 8. The molecule has 0 aliphatic heterocycles. The van der Waals surface area contributed by atoms with Crippen molar-refractivity contribution in [2.24, 2.45) is 0 Å². The molecule has 26 heavy (non-hydrogen) atoms. The summed E-state index contributed by atoms with van der Waals surface area (Å²) < 4.78 is 18.3. The van der Waals surface area contributed by atoms with Crippen LogP contribution in [0.4, 0.5) is 4.39 Å². The monoisotopic (exact) mass is 464 g/mol. The second-order valence-electron chi connectivity index (χ2n) is 6.32. The van der Waals surface area contributed by atoms with E-state index in [-0.39, 0.29) is 9.24 Å². The SMILES string of the molecule is COc1ccc(CCCCC(I)(c2ccc(F)cc2)c2c[nH]cn2)cc1. The summed E-state index contributed by atoms with van der Waals surface area (Å²) in [5, 5.41) is 0. The maximum Gasteiger partial charge on any atom is 0.123 e. The molecular weight excluding hydrogens is 442 g/mol. The molecule has 3 aromatic rings. The normalized spacial score (nSPS) is 13.3. The van der Waals surface area contributed by atoms with Crippen molar-refractivity contribution in [3.05, 3.63) is 83.7 Å². The van der Waals surface area contributed by atoms with Gasteiger partial charge in [-0.2, -0.15) is 0 Å². The number of aromatic amines is 1. The third-order valence-electron chi connectivity index (χ3n) is 4.60. The van der Waals surface area contributed by atoms with Crippen LogP contribution in [0.1, 0.15) is 36.1 Å². The summed E-state index contributed by atoms with van der Waals surface area (Å²) in [6, 6.07) is 15.0. The number of benzene rings is 2. The highest BCUT2D eigenvalue weighted by molar-refractivity contribution is 14.1. The van der Waals surface area contributed by atoms with Gasteiger partial charge in [0.25, 0.3) is 0 Å². The van der Waals surface area contributed by atoms with Crippen molar-refractivity contribution < 1.29 is 9.13 Å². The zero-order valence-electron chi connectivity index (χ0n) is 14.7. The average molecular weight is 464 g/mol. The van der Waals surface area contributed by atoms with Gasteiger partial charge in [-0.05, 0) is 54.7 Å². The van der Waals surface area contributed by atoms with Gasteiger partial charge in [0.1, 0.15) is 11.6 Å². The van der Waals surface area contributed by atoms with Gasteiger partial charge in [0.05, 0.1) is 22.6 Å². The molecule has 3 rings (SSSR count). The molecule has 0 aliphatic rings. The number of ether oxygens (including phenoxy) is 1. The Morgan fingerprint density at radius 3 is 2.42 bits per heavy atom. The summed E-state index contributed by atoms with van der Waals surface area (Å²) in [4.78, 5) is 7.51. The molecule has 1 heterocycles. The fraction of sp³-hybridized carbons (Fsp3) is 0.286. The first-order valence-electron chi connectivity index (χ1n) is 8.69. The maximum atomic E-state index is 13.3. The Hall–Kier alpha value is -1.89. The minimum absolute atomic E-state index is 0.214. The van der Waals surface area contributed by atoms with Crippen molar-refractivity contribution in [3.8, 4) is 5.75 Å². The van der Waals surface area contributed by atoms with E-state index in [1.807, 2.05) is 30.5 Å². The summed E-state index contributed by atoms with van der Waals surface area (Å²) >= 11 is 2.46. The Morgan fingerprint density at radius 1 is 1.08 bits per heavy atom. The van der Waals surface area contributed by atoms with Gasteiger partial charge >= 0.3 is 0 Å². The Bertz CT molecular complexity index is 803. The smallest absolute Gasteiger partial charge is 0.123 e. The molecule has 0 saturated heterocycles. The molecule has 5 heteroatoms. The molecule has 0 aliphatic carbocycles. The van der Waals surface area contributed by atoms with Crippen molar-refractivity contribution in [2.45, 2.75) is 29.1 Å². The Morgan fingerprint density at radius 2 is 1.81 bits per heavy atom. The highest BCUT2D eigenvalue weighted by Crippen LogP contribution is 2.42. The van der Waals surface area contributed by atoms with Gasteiger partial charge in [-0.3, -0.25) is 0 Å². The Balaban J connectivity index is 1.65. The van der Waals surface area contributed by atoms with Gasteiger partial charge in [-0.1, -0.05) is 53.3 Å². The number of H-pyrrole nitrogens is 1. The Labute approximate surface area is 167 Å². The number of aryl methyl sites for hydroxylation is 1. The number of nitrogens with one attached hydrogen (secondary N) is 1. The zero-order chi connectivity index (χ0) is 18.4. The van der Waals surface area contributed by atoms with E-state index < -0.39 is 0 Å². The number of halogens is 2. The van der Waals surface area contributed by atoms with Crippen molar-refractivity contribution in [1.29, 1.82) is 0 Å². The van der Waals surface area contributed by atoms with E-state index in [0.29, 0.717) is 0 Å². The van der Waals surface area contributed by atoms with E-state index >= 15 is 0 Å². The molecule has 0 amide bonds. The van der Waals surface area contributed by atoms with E-state index in [0.717, 1.165) is 42.7 Å². The lowest BCUT2D eigenvalue weighted by atomic mass is 9.90. The second kappa shape index (κ2) is 8.66. The van der Waals surface area contributed by atoms with Crippen LogP contribution in [0.25, 0.3) is 0 Å². The lowest BCUT2D eigenvalue weighted by Gasteiger charge is -2.26. The summed E-state index contributed by atoms with van der Waals surface area (Å²) in [7, 11) is 1.68. The molecule has 0 saturated carbocycles. The molecule has 1 unspecified atom stereocenters. The lowest BCUT2D eigenvalue weighted by Crippen LogP contribution is -2.20. The Kier molecular flexibility index (Phi) is 6.29. The number of nitrogens with zero attached hydrogens (tertiary/aromatic N) is 1. The molecule has 2 aromatic carbocycles. The molecule has 0 radical (unpaired) electrons. The quantitative estimate of drug-likeness (QED) is 0.266. The van der Waals surface area contributed by atoms with Crippen LogP contribution in [0.15, 0.2) is 61.1 Å². The van der Waals surface area contributed by atoms with Gasteiger partial charge < -0.3 is 9.72 Å². The standard InChI is InChI=1S/C21H22FIN2O/c1-26-19-11-5-16(6-12-19)4-2-3-13-21(23,20-14-24-15-25-20)17-7-9-18(22)10-8-17/h5-12,14-15H,2-4,13H2,1H3,(H,24,25). The molecule has 3 nitrogen and oxygen atoms in total. The first-order valence-corrected chi connectivity index (χ1v) is 9.77. The van der Waals surface area contributed by atoms with Crippen LogP contribution in [0.3, 0.4) is 0 Å². The van der Waals surface area contributed by atoms with Gasteiger partial charge in [0.15, 0.2) is 0 Å². The van der Waals surface area contributed by atoms with E-state index in [9.17, 15) is 4.39 Å². The number of aromatic nitrogens is 2. The number of methoxy groups -OCH3 is 1. The van der Waals surface area contributed by atoms with Crippen LogP contribution in [-0.4, -0.2) is 17.1 Å². The van der Waals surface area contributed by atoms with Gasteiger partial charge in [0, 0.05) is 6.20 Å². The maximum absolute atomic E-state index is 13.3. The molecule has 0 bridgehead atoms. The molecule has 136 valence electrons. The van der Waals surface area contributed by atoms with Crippen LogP contribution in [-0.2, 0) is 9.84 Å². The van der Waals surface area contributed by atoms with Crippen molar-refractivity contribution in [3.63, 3.8) is 0 Å². The molecule has 0 spiro atoms. The molecule has 1 aromatic heterocycles. The molecular formula is C21H22FIN2O. The fourth-order valence-corrected chi connectivity index (χ4v) is 4.14. The largest absolute Gasteiger partial charge is 0.497 e. The van der Waals surface area contributed by atoms with Crippen LogP contribution >= 0.6 is 22.6 Å². The highest BCUT2D eigenvalue weighted by atomic mass is 127. The van der Waals surface area contributed by atoms with Crippen LogP contribution in [0.5, 0.6) is 5.75 Å². The fourth-order valence-electron chi connectivity index (χ4n) is 3.10. The molecule has 1 atom stereocenters. The van der Waals surface area contributed by atoms with E-state index in [2.05, 4.69) is 44.7 Å². The van der Waals surface area contributed by atoms with Crippen molar-refractivity contribution in [1.82, 2.24) is 9.97 Å². The van der Waals surface area contributed by atoms with Crippen LogP contribution in [0.2, 0.25) is 0 Å². The first kappa shape index (κ1) is 18.9. The number of unbranched alkanes of at least 4 members (excludes halogenated alkanes) is 1. The summed E-state index contributed by atoms with van der Waals surface area (Å²) in [6.45, 7) is 0. The third-order valence-corrected chi connectivity index (χ3v) is 6.32. The zero-order valence-corrected chi connectivity index (χ0v) is 16.9. The van der Waals surface area contributed by atoms with Gasteiger partial charge in [-0.25, -0.2) is 9.37 Å². The predicted octanol–water partition coefficient (Wildman–Crippen LogP) is 5.65. The summed E-state index contributed by atoms with van der Waals surface area (Å²) in [5.74, 6) is 0.670. The highest BCUT2D eigenvalue weighted by Gasteiger charge is 2.32. The average Bonchev–Trinajstić information content (AvgIpc) is 3.21. The van der Waals surface area contributed by atoms with Gasteiger partial charge in [0.2, 0.25) is 0 Å². The van der Waals surface area contributed by atoms with Crippen LogP contribution < -0.4 is 4.74 Å². The topological polar surface area (TPSA) is 37.9 Å². The minimum atomic E-state index is -0.259. The number of hydrogen-bond acceptors (Lipinski definition) is 2. The third kappa shape index (κ3) is 4.44. The van der Waals surface area contributed by atoms with Crippen LogP contribution in [0, 0.1) is 5.82 Å². The van der Waals surface area contributed by atoms with E-state index in [4.69, 9.17) is 4.74 Å².